The average molecular weight is 468 g/mol. The van der Waals surface area contributed by atoms with Gasteiger partial charge in [0.1, 0.15) is 11.9 Å². The van der Waals surface area contributed by atoms with E-state index in [2.05, 4.69) is 0 Å². The van der Waals surface area contributed by atoms with Crippen molar-refractivity contribution in [2.45, 2.75) is 17.9 Å². The van der Waals surface area contributed by atoms with E-state index in [0.29, 0.717) is 11.1 Å². The third-order valence-corrected chi connectivity index (χ3v) is 7.53. The lowest BCUT2D eigenvalue weighted by Crippen LogP contribution is -2.52. The van der Waals surface area contributed by atoms with Crippen LogP contribution in [-0.2, 0) is 14.8 Å². The molecule has 4 rings (SSSR count). The molecule has 11 heteroatoms. The fourth-order valence-electron chi connectivity index (χ4n) is 3.66. The van der Waals surface area contributed by atoms with Crippen molar-refractivity contribution in [3.63, 3.8) is 0 Å². The predicted octanol–water partition coefficient (Wildman–Crippen LogP) is 2.48. The van der Waals surface area contributed by atoms with Gasteiger partial charge in [-0.2, -0.15) is 4.31 Å². The van der Waals surface area contributed by atoms with Crippen LogP contribution >= 0.6 is 11.6 Å². The Morgan fingerprint density at radius 2 is 1.81 bits per heavy atom. The van der Waals surface area contributed by atoms with Crippen molar-refractivity contribution in [1.82, 2.24) is 13.8 Å². The number of amides is 1. The third-order valence-electron chi connectivity index (χ3n) is 5.34. The molecule has 0 radical (unpaired) electrons. The summed E-state index contributed by atoms with van der Waals surface area (Å²) in [6, 6.07) is 9.25. The summed E-state index contributed by atoms with van der Waals surface area (Å²) in [5.41, 5.74) is 0.906. The molecule has 1 saturated heterocycles. The highest BCUT2D eigenvalue weighted by Crippen LogP contribution is 2.24. The van der Waals surface area contributed by atoms with Crippen LogP contribution < -0.4 is 5.76 Å². The molecular weight excluding hydrogens is 449 g/mol. The molecule has 1 aromatic heterocycles. The Kier molecular flexibility index (Phi) is 5.63. The summed E-state index contributed by atoms with van der Waals surface area (Å²) in [5, 5.41) is -0.276. The molecule has 1 atom stereocenters. The summed E-state index contributed by atoms with van der Waals surface area (Å²) >= 11 is 5.72. The molecule has 0 unspecified atom stereocenters. The molecule has 3 aromatic rings. The standard InChI is InChI=1S/C20H19ClFN3O5S/c1-13(25-17-4-2-3-5-18(17)30-20(25)27)19(26)23-8-10-24(11-9-23)31(28,29)14-6-7-16(22)15(21)12-14/h2-7,12-13H,8-11H2,1H3/t13-/m0/s1. The molecule has 0 spiro atoms. The van der Waals surface area contributed by atoms with E-state index in [4.69, 9.17) is 16.0 Å². The van der Waals surface area contributed by atoms with Gasteiger partial charge in [0.2, 0.25) is 15.9 Å². The first-order valence-corrected chi connectivity index (χ1v) is 11.4. The van der Waals surface area contributed by atoms with E-state index in [1.807, 2.05) is 0 Å². The number of carbonyl (C=O) groups is 1. The second-order valence-electron chi connectivity index (χ2n) is 7.19. The lowest BCUT2D eigenvalue weighted by molar-refractivity contribution is -0.135. The van der Waals surface area contributed by atoms with E-state index in [0.717, 1.165) is 18.2 Å². The van der Waals surface area contributed by atoms with E-state index in [1.165, 1.54) is 13.8 Å². The lowest BCUT2D eigenvalue weighted by atomic mass is 10.2. The van der Waals surface area contributed by atoms with Gasteiger partial charge in [-0.05, 0) is 37.3 Å². The number of fused-ring (bicyclic) bond motifs is 1. The molecule has 0 bridgehead atoms. The van der Waals surface area contributed by atoms with Gasteiger partial charge in [-0.15, -0.1) is 0 Å². The number of rotatable bonds is 4. The minimum atomic E-state index is -3.88. The molecule has 0 N–H and O–H groups in total. The van der Waals surface area contributed by atoms with Crippen LogP contribution in [0.4, 0.5) is 4.39 Å². The summed E-state index contributed by atoms with van der Waals surface area (Å²) in [6.45, 7) is 2.05. The number of nitrogens with zero attached hydrogens (tertiary/aromatic N) is 3. The highest BCUT2D eigenvalue weighted by molar-refractivity contribution is 7.89. The number of hydrogen-bond acceptors (Lipinski definition) is 5. The monoisotopic (exact) mass is 467 g/mol. The summed E-state index contributed by atoms with van der Waals surface area (Å²) in [6.07, 6.45) is 0. The second-order valence-corrected chi connectivity index (χ2v) is 9.53. The first-order valence-electron chi connectivity index (χ1n) is 9.54. The molecule has 1 amide bonds. The minimum absolute atomic E-state index is 0.0663. The van der Waals surface area contributed by atoms with Crippen LogP contribution in [0.3, 0.4) is 0 Å². The van der Waals surface area contributed by atoms with Gasteiger partial charge in [0, 0.05) is 26.2 Å². The highest BCUT2D eigenvalue weighted by Gasteiger charge is 2.33. The average Bonchev–Trinajstić information content (AvgIpc) is 3.10. The van der Waals surface area contributed by atoms with Crippen LogP contribution in [0.5, 0.6) is 0 Å². The normalized spacial score (nSPS) is 16.5. The molecule has 2 aromatic carbocycles. The molecule has 31 heavy (non-hydrogen) atoms. The van der Waals surface area contributed by atoms with Crippen LogP contribution in [0.25, 0.3) is 11.1 Å². The summed E-state index contributed by atoms with van der Waals surface area (Å²) in [4.78, 5) is 26.7. The van der Waals surface area contributed by atoms with Crippen molar-refractivity contribution in [1.29, 1.82) is 0 Å². The molecule has 1 aliphatic heterocycles. The largest absolute Gasteiger partial charge is 0.420 e. The van der Waals surface area contributed by atoms with Crippen molar-refractivity contribution in [2.75, 3.05) is 26.2 Å². The number of aromatic nitrogens is 1. The van der Waals surface area contributed by atoms with Gasteiger partial charge < -0.3 is 9.32 Å². The number of carbonyl (C=O) groups excluding carboxylic acids is 1. The molecular formula is C20H19ClFN3O5S. The number of halogens is 2. The van der Waals surface area contributed by atoms with E-state index in [1.54, 1.807) is 31.2 Å². The van der Waals surface area contributed by atoms with Crippen LogP contribution in [0.2, 0.25) is 5.02 Å². The van der Waals surface area contributed by atoms with Gasteiger partial charge in [-0.1, -0.05) is 23.7 Å². The van der Waals surface area contributed by atoms with Crippen molar-refractivity contribution in [3.05, 3.63) is 63.9 Å². The predicted molar refractivity (Wildman–Crippen MR) is 112 cm³/mol. The van der Waals surface area contributed by atoms with Crippen molar-refractivity contribution in [3.8, 4) is 0 Å². The molecule has 1 aliphatic rings. The number of piperazine rings is 1. The molecule has 164 valence electrons. The zero-order valence-corrected chi connectivity index (χ0v) is 18.1. The molecule has 2 heterocycles. The second kappa shape index (κ2) is 8.10. The Morgan fingerprint density at radius 1 is 1.13 bits per heavy atom. The minimum Gasteiger partial charge on any atom is -0.408 e. The third kappa shape index (κ3) is 3.86. The van der Waals surface area contributed by atoms with Crippen LogP contribution in [0, 0.1) is 5.82 Å². The van der Waals surface area contributed by atoms with Gasteiger partial charge in [0.25, 0.3) is 0 Å². The van der Waals surface area contributed by atoms with Crippen LogP contribution in [0.1, 0.15) is 13.0 Å². The Morgan fingerprint density at radius 3 is 2.48 bits per heavy atom. The zero-order valence-electron chi connectivity index (χ0n) is 16.5. The van der Waals surface area contributed by atoms with Crippen LogP contribution in [-0.4, -0.2) is 54.3 Å². The van der Waals surface area contributed by atoms with Crippen molar-refractivity contribution in [2.24, 2.45) is 0 Å². The maximum absolute atomic E-state index is 13.4. The molecule has 1 fully saturated rings. The number of oxazole rings is 1. The molecule has 0 saturated carbocycles. The Bertz CT molecular complexity index is 1310. The van der Waals surface area contributed by atoms with Gasteiger partial charge in [-0.25, -0.2) is 17.6 Å². The molecule has 8 nitrogen and oxygen atoms in total. The first-order chi connectivity index (χ1) is 14.7. The first kappa shape index (κ1) is 21.5. The number of hydrogen-bond donors (Lipinski definition) is 0. The highest BCUT2D eigenvalue weighted by atomic mass is 35.5. The number of para-hydroxylation sites is 2. The summed E-state index contributed by atoms with van der Waals surface area (Å²) in [5.74, 6) is -1.64. The van der Waals surface area contributed by atoms with E-state index < -0.39 is 27.6 Å². The number of benzene rings is 2. The summed E-state index contributed by atoms with van der Waals surface area (Å²) < 4.78 is 46.7. The lowest BCUT2D eigenvalue weighted by Gasteiger charge is -2.35. The zero-order chi connectivity index (χ0) is 22.3. The smallest absolute Gasteiger partial charge is 0.408 e. The van der Waals surface area contributed by atoms with Crippen molar-refractivity contribution >= 4 is 38.6 Å². The van der Waals surface area contributed by atoms with Gasteiger partial charge in [-0.3, -0.25) is 9.36 Å². The van der Waals surface area contributed by atoms with Gasteiger partial charge >= 0.3 is 5.76 Å². The van der Waals surface area contributed by atoms with E-state index in [-0.39, 0.29) is 42.0 Å². The van der Waals surface area contributed by atoms with Crippen LogP contribution in [0.15, 0.2) is 56.6 Å². The Hall–Kier alpha value is -2.69. The quantitative estimate of drug-likeness (QED) is 0.587. The Labute approximate surface area is 182 Å². The van der Waals surface area contributed by atoms with E-state index in [9.17, 15) is 22.4 Å². The maximum atomic E-state index is 13.4. The van der Waals surface area contributed by atoms with Gasteiger partial charge in [0.15, 0.2) is 5.58 Å². The fourth-order valence-corrected chi connectivity index (χ4v) is 5.35. The van der Waals surface area contributed by atoms with E-state index >= 15 is 0 Å². The Balaban J connectivity index is 1.49. The SMILES string of the molecule is C[C@@H](C(=O)N1CCN(S(=O)(=O)c2ccc(F)c(Cl)c2)CC1)n1c(=O)oc2ccccc21. The fraction of sp³-hybridized carbons (Fsp3) is 0.300. The number of sulfonamides is 1. The maximum Gasteiger partial charge on any atom is 0.420 e. The topological polar surface area (TPSA) is 92.8 Å². The van der Waals surface area contributed by atoms with Gasteiger partial charge in [0.05, 0.1) is 15.4 Å². The van der Waals surface area contributed by atoms with Crippen molar-refractivity contribution < 1.29 is 22.0 Å². The summed E-state index contributed by atoms with van der Waals surface area (Å²) in [7, 11) is -3.88. The molecule has 0 aliphatic carbocycles.